The lowest BCUT2D eigenvalue weighted by molar-refractivity contribution is -0.147. The topological polar surface area (TPSA) is 78.6 Å². The smallest absolute Gasteiger partial charge is 0.322 e. The average molecular weight is 338 g/mol. The summed E-state index contributed by atoms with van der Waals surface area (Å²) in [6, 6.07) is 8.70. The van der Waals surface area contributed by atoms with Gasteiger partial charge in [0, 0.05) is 0 Å². The van der Waals surface area contributed by atoms with Crippen LogP contribution in [0.25, 0.3) is 0 Å². The molecule has 0 aliphatic carbocycles. The van der Waals surface area contributed by atoms with Crippen LogP contribution in [0.15, 0.2) is 30.3 Å². The molecule has 0 aromatic heterocycles. The minimum Gasteiger partial charge on any atom is -0.469 e. The third-order valence-electron chi connectivity index (χ3n) is 2.90. The highest BCUT2D eigenvalue weighted by Crippen LogP contribution is 2.16. The summed E-state index contributed by atoms with van der Waals surface area (Å²) in [5.41, 5.74) is 6.69. The lowest BCUT2D eigenvalue weighted by Crippen LogP contribution is -2.36. The Labute approximate surface area is 137 Å². The van der Waals surface area contributed by atoms with Crippen LogP contribution in [0.4, 0.5) is 0 Å². The van der Waals surface area contributed by atoms with E-state index in [0.29, 0.717) is 6.42 Å². The van der Waals surface area contributed by atoms with E-state index in [0.717, 1.165) is 5.56 Å². The van der Waals surface area contributed by atoms with E-state index in [1.54, 1.807) is 0 Å². The van der Waals surface area contributed by atoms with E-state index >= 15 is 0 Å². The second-order valence-electron chi connectivity index (χ2n) is 4.28. The van der Waals surface area contributed by atoms with E-state index in [-0.39, 0.29) is 37.2 Å². The largest absolute Gasteiger partial charge is 0.469 e. The van der Waals surface area contributed by atoms with E-state index in [1.807, 2.05) is 30.3 Å². The Morgan fingerprint density at radius 3 is 2.05 bits per heavy atom. The van der Waals surface area contributed by atoms with Crippen molar-refractivity contribution < 1.29 is 19.1 Å². The van der Waals surface area contributed by atoms with Crippen LogP contribution in [-0.4, -0.2) is 32.2 Å². The van der Waals surface area contributed by atoms with Crippen LogP contribution in [-0.2, 0) is 25.5 Å². The first-order valence-electron chi connectivity index (χ1n) is 6.03. The minimum absolute atomic E-state index is 0. The van der Waals surface area contributed by atoms with Crippen LogP contribution < -0.4 is 5.73 Å². The molecule has 0 radical (unpaired) electrons. The molecule has 1 aromatic rings. The fraction of sp³-hybridized carbons (Fsp3) is 0.429. The molecule has 0 saturated carbocycles. The molecule has 0 fully saturated rings. The molecule has 7 heteroatoms. The van der Waals surface area contributed by atoms with Crippen molar-refractivity contribution in [2.75, 3.05) is 14.2 Å². The van der Waals surface area contributed by atoms with Crippen molar-refractivity contribution in [2.45, 2.75) is 18.9 Å². The van der Waals surface area contributed by atoms with Gasteiger partial charge in [-0.1, -0.05) is 30.3 Å². The lowest BCUT2D eigenvalue weighted by atomic mass is 9.93. The van der Waals surface area contributed by atoms with Gasteiger partial charge < -0.3 is 15.2 Å². The predicted octanol–water partition coefficient (Wildman–Crippen LogP) is 1.75. The summed E-state index contributed by atoms with van der Waals surface area (Å²) < 4.78 is 9.31. The fourth-order valence-electron chi connectivity index (χ4n) is 1.88. The third-order valence-corrected chi connectivity index (χ3v) is 2.90. The van der Waals surface area contributed by atoms with Gasteiger partial charge in [0.2, 0.25) is 0 Å². The second-order valence-corrected chi connectivity index (χ2v) is 4.28. The molecule has 21 heavy (non-hydrogen) atoms. The Hall–Kier alpha value is -1.30. The van der Waals surface area contributed by atoms with E-state index < -0.39 is 17.9 Å². The number of benzene rings is 1. The van der Waals surface area contributed by atoms with Gasteiger partial charge in [-0.2, -0.15) is 0 Å². The van der Waals surface area contributed by atoms with Crippen LogP contribution in [0.5, 0.6) is 0 Å². The van der Waals surface area contributed by atoms with Gasteiger partial charge in [-0.25, -0.2) is 0 Å². The summed E-state index contributed by atoms with van der Waals surface area (Å²) in [6.45, 7) is 0. The molecule has 0 aliphatic rings. The number of rotatable bonds is 6. The fourth-order valence-corrected chi connectivity index (χ4v) is 1.88. The molecule has 0 spiro atoms. The van der Waals surface area contributed by atoms with Gasteiger partial charge in [0.1, 0.15) is 6.04 Å². The van der Waals surface area contributed by atoms with Crippen molar-refractivity contribution in [1.82, 2.24) is 0 Å². The number of esters is 2. The molecule has 1 unspecified atom stereocenters. The Morgan fingerprint density at radius 1 is 1.05 bits per heavy atom. The van der Waals surface area contributed by atoms with E-state index in [1.165, 1.54) is 14.2 Å². The molecule has 2 N–H and O–H groups in total. The van der Waals surface area contributed by atoms with Crippen LogP contribution >= 0.6 is 24.8 Å². The summed E-state index contributed by atoms with van der Waals surface area (Å²) in [4.78, 5) is 23.0. The number of carbonyl (C=O) groups excluding carboxylic acids is 2. The first-order valence-corrected chi connectivity index (χ1v) is 6.03. The standard InChI is InChI=1S/C14H19NO4.2ClH/c1-18-13(16)11(9-12(15)14(17)19-2)8-10-6-4-3-5-7-10;;/h3-7,11-12H,8-9,15H2,1-2H3;2*1H/t11?,12-;;/m0../s1. The number of carbonyl (C=O) groups is 2. The molecule has 0 saturated heterocycles. The molecule has 2 atom stereocenters. The third kappa shape index (κ3) is 7.32. The number of nitrogens with two attached hydrogens (primary N) is 1. The maximum atomic E-state index is 11.7. The molecule has 1 rings (SSSR count). The maximum Gasteiger partial charge on any atom is 0.322 e. The predicted molar refractivity (Wildman–Crippen MR) is 84.8 cm³/mol. The molecule has 0 amide bonds. The minimum atomic E-state index is -0.821. The number of hydrogen-bond acceptors (Lipinski definition) is 5. The summed E-state index contributed by atoms with van der Waals surface area (Å²) >= 11 is 0. The highest BCUT2D eigenvalue weighted by Gasteiger charge is 2.26. The highest BCUT2D eigenvalue weighted by molar-refractivity contribution is 5.85. The van der Waals surface area contributed by atoms with Gasteiger partial charge in [0.15, 0.2) is 0 Å². The van der Waals surface area contributed by atoms with Crippen molar-refractivity contribution in [3.8, 4) is 0 Å². The lowest BCUT2D eigenvalue weighted by Gasteiger charge is -2.17. The quantitative estimate of drug-likeness (QED) is 0.800. The van der Waals surface area contributed by atoms with Crippen molar-refractivity contribution in [3.63, 3.8) is 0 Å². The van der Waals surface area contributed by atoms with E-state index in [9.17, 15) is 9.59 Å². The number of hydrogen-bond donors (Lipinski definition) is 1. The first kappa shape index (κ1) is 22.0. The summed E-state index contributed by atoms with van der Waals surface area (Å²) in [7, 11) is 2.59. The zero-order valence-electron chi connectivity index (χ0n) is 12.0. The molecule has 5 nitrogen and oxygen atoms in total. The molecular weight excluding hydrogens is 317 g/mol. The van der Waals surface area contributed by atoms with Gasteiger partial charge in [0.05, 0.1) is 20.1 Å². The van der Waals surface area contributed by atoms with Crippen LogP contribution in [0, 0.1) is 5.92 Å². The van der Waals surface area contributed by atoms with Crippen molar-refractivity contribution >= 4 is 36.8 Å². The van der Waals surface area contributed by atoms with Crippen LogP contribution in [0.2, 0.25) is 0 Å². The Morgan fingerprint density at radius 2 is 1.57 bits per heavy atom. The zero-order valence-corrected chi connectivity index (χ0v) is 13.6. The van der Waals surface area contributed by atoms with Crippen molar-refractivity contribution in [3.05, 3.63) is 35.9 Å². The Balaban J connectivity index is 0. The molecular formula is C14H21Cl2NO4. The first-order chi connectivity index (χ1) is 9.08. The van der Waals surface area contributed by atoms with Crippen molar-refractivity contribution in [1.29, 1.82) is 0 Å². The molecule has 120 valence electrons. The maximum absolute atomic E-state index is 11.7. The van der Waals surface area contributed by atoms with Gasteiger partial charge in [-0.3, -0.25) is 9.59 Å². The second kappa shape index (κ2) is 11.4. The van der Waals surface area contributed by atoms with Gasteiger partial charge in [0.25, 0.3) is 0 Å². The molecule has 0 heterocycles. The van der Waals surface area contributed by atoms with Gasteiger partial charge in [-0.05, 0) is 18.4 Å². The van der Waals surface area contributed by atoms with Gasteiger partial charge >= 0.3 is 11.9 Å². The zero-order chi connectivity index (χ0) is 14.3. The normalized spacial score (nSPS) is 12.1. The molecule has 1 aromatic carbocycles. The van der Waals surface area contributed by atoms with Crippen LogP contribution in [0.3, 0.4) is 0 Å². The van der Waals surface area contributed by atoms with Crippen LogP contribution in [0.1, 0.15) is 12.0 Å². The number of methoxy groups -OCH3 is 2. The average Bonchev–Trinajstić information content (AvgIpc) is 2.45. The Bertz CT molecular complexity index is 428. The summed E-state index contributed by atoms with van der Waals surface area (Å²) in [5, 5.41) is 0. The molecule has 0 bridgehead atoms. The summed E-state index contributed by atoms with van der Waals surface area (Å²) in [6.07, 6.45) is 0.687. The molecule has 0 aliphatic heterocycles. The highest BCUT2D eigenvalue weighted by atomic mass is 35.5. The number of ether oxygens (including phenoxy) is 2. The SMILES string of the molecule is COC(=O)C(Cc1ccccc1)C[C@H](N)C(=O)OC.Cl.Cl. The van der Waals surface area contributed by atoms with E-state index in [2.05, 4.69) is 4.74 Å². The van der Waals surface area contributed by atoms with E-state index in [4.69, 9.17) is 10.5 Å². The Kier molecular flexibility index (Phi) is 11.9. The summed E-state index contributed by atoms with van der Waals surface area (Å²) in [5.74, 6) is -1.35. The monoisotopic (exact) mass is 337 g/mol. The van der Waals surface area contributed by atoms with Crippen molar-refractivity contribution in [2.24, 2.45) is 11.7 Å². The van der Waals surface area contributed by atoms with Gasteiger partial charge in [-0.15, -0.1) is 24.8 Å². The number of halogens is 2.